The first-order valence-corrected chi connectivity index (χ1v) is 13.3. The second kappa shape index (κ2) is 11.8. The molecule has 1 heterocycles. The number of carbonyl (C=O) groups excluding carboxylic acids is 3. The van der Waals surface area contributed by atoms with Gasteiger partial charge in [-0.05, 0) is 94.7 Å². The molecule has 3 amide bonds. The third kappa shape index (κ3) is 6.53. The fourth-order valence-electron chi connectivity index (χ4n) is 3.68. The van der Waals surface area contributed by atoms with E-state index in [0.29, 0.717) is 29.4 Å². The van der Waals surface area contributed by atoms with Crippen LogP contribution in [-0.2, 0) is 16.2 Å². The van der Waals surface area contributed by atoms with Crippen molar-refractivity contribution in [3.63, 3.8) is 0 Å². The van der Waals surface area contributed by atoms with E-state index in [9.17, 15) is 14.4 Å². The smallest absolute Gasteiger partial charge is 0.294 e. The van der Waals surface area contributed by atoms with Crippen LogP contribution in [0.25, 0.3) is 6.08 Å². The van der Waals surface area contributed by atoms with Gasteiger partial charge >= 0.3 is 0 Å². The van der Waals surface area contributed by atoms with Gasteiger partial charge in [-0.15, -0.1) is 0 Å². The Balaban J connectivity index is 1.47. The lowest BCUT2D eigenvalue weighted by molar-refractivity contribution is -0.127. The Labute approximate surface area is 233 Å². The van der Waals surface area contributed by atoms with Gasteiger partial charge in [-0.3, -0.25) is 19.3 Å². The number of carbonyl (C=O) groups is 3. The summed E-state index contributed by atoms with van der Waals surface area (Å²) in [4.78, 5) is 39.3. The SMILES string of the molecule is COc1cc(/C=C2/SC(=O)N(CC(=O)Nc3cc(C)ccc3C)C2=O)cc(I)c1OCc1ccccc1. The van der Waals surface area contributed by atoms with Gasteiger partial charge in [0, 0.05) is 5.69 Å². The van der Waals surface area contributed by atoms with Crippen LogP contribution < -0.4 is 14.8 Å². The molecule has 190 valence electrons. The molecule has 1 N–H and O–H groups in total. The van der Waals surface area contributed by atoms with E-state index in [4.69, 9.17) is 9.47 Å². The second-order valence-electron chi connectivity index (χ2n) is 8.44. The van der Waals surface area contributed by atoms with Crippen LogP contribution >= 0.6 is 34.4 Å². The van der Waals surface area contributed by atoms with Gasteiger partial charge in [0.1, 0.15) is 13.2 Å². The Morgan fingerprint density at radius 2 is 1.84 bits per heavy atom. The number of hydrogen-bond acceptors (Lipinski definition) is 6. The molecule has 1 aliphatic rings. The average molecular weight is 628 g/mol. The first kappa shape index (κ1) is 26.7. The van der Waals surface area contributed by atoms with Crippen LogP contribution in [0.3, 0.4) is 0 Å². The molecule has 7 nitrogen and oxygen atoms in total. The van der Waals surface area contributed by atoms with Gasteiger partial charge in [0.25, 0.3) is 11.1 Å². The minimum absolute atomic E-state index is 0.236. The van der Waals surface area contributed by atoms with E-state index in [2.05, 4.69) is 27.9 Å². The van der Waals surface area contributed by atoms with Crippen LogP contribution in [0.4, 0.5) is 10.5 Å². The molecular weight excluding hydrogens is 603 g/mol. The zero-order valence-corrected chi connectivity index (χ0v) is 23.5. The summed E-state index contributed by atoms with van der Waals surface area (Å²) in [5, 5.41) is 2.30. The number of halogens is 1. The molecule has 0 aromatic heterocycles. The second-order valence-corrected chi connectivity index (χ2v) is 10.6. The molecule has 0 saturated carbocycles. The number of thioether (sulfide) groups is 1. The zero-order chi connectivity index (χ0) is 26.5. The number of imide groups is 1. The third-order valence-electron chi connectivity index (χ3n) is 5.62. The Morgan fingerprint density at radius 1 is 1.08 bits per heavy atom. The molecule has 4 rings (SSSR count). The number of methoxy groups -OCH3 is 1. The minimum Gasteiger partial charge on any atom is -0.493 e. The van der Waals surface area contributed by atoms with Gasteiger partial charge in [0.2, 0.25) is 5.91 Å². The van der Waals surface area contributed by atoms with Gasteiger partial charge < -0.3 is 14.8 Å². The van der Waals surface area contributed by atoms with Gasteiger partial charge in [-0.1, -0.05) is 42.5 Å². The van der Waals surface area contributed by atoms with Gasteiger partial charge in [-0.2, -0.15) is 0 Å². The molecule has 0 radical (unpaired) electrons. The Kier molecular flexibility index (Phi) is 8.55. The van der Waals surface area contributed by atoms with Gasteiger partial charge in [0.05, 0.1) is 15.6 Å². The van der Waals surface area contributed by atoms with E-state index in [1.807, 2.05) is 68.4 Å². The van der Waals surface area contributed by atoms with Crippen LogP contribution in [0, 0.1) is 17.4 Å². The van der Waals surface area contributed by atoms with E-state index >= 15 is 0 Å². The molecule has 1 aliphatic heterocycles. The summed E-state index contributed by atoms with van der Waals surface area (Å²) in [5.74, 6) is 0.166. The molecule has 0 atom stereocenters. The number of anilines is 1. The van der Waals surface area contributed by atoms with Crippen molar-refractivity contribution in [1.29, 1.82) is 0 Å². The number of amides is 3. The van der Waals surface area contributed by atoms with Crippen LogP contribution in [0.5, 0.6) is 11.5 Å². The van der Waals surface area contributed by atoms with Crippen molar-refractivity contribution in [2.75, 3.05) is 19.0 Å². The number of benzene rings is 3. The highest BCUT2D eigenvalue weighted by Gasteiger charge is 2.36. The van der Waals surface area contributed by atoms with Crippen molar-refractivity contribution >= 4 is 63.2 Å². The molecular formula is C28H25IN2O5S. The highest BCUT2D eigenvalue weighted by atomic mass is 127. The number of hydrogen-bond donors (Lipinski definition) is 1. The van der Waals surface area contributed by atoms with E-state index in [1.165, 1.54) is 0 Å². The van der Waals surface area contributed by atoms with Crippen molar-refractivity contribution in [2.24, 2.45) is 0 Å². The van der Waals surface area contributed by atoms with E-state index < -0.39 is 17.1 Å². The van der Waals surface area contributed by atoms with Crippen LogP contribution in [-0.4, -0.2) is 35.6 Å². The zero-order valence-electron chi connectivity index (χ0n) is 20.5. The van der Waals surface area contributed by atoms with Crippen LogP contribution in [0.2, 0.25) is 0 Å². The van der Waals surface area contributed by atoms with Crippen molar-refractivity contribution in [3.05, 3.63) is 91.4 Å². The molecule has 3 aromatic carbocycles. The summed E-state index contributed by atoms with van der Waals surface area (Å²) in [6, 6.07) is 19.1. The highest BCUT2D eigenvalue weighted by Crippen LogP contribution is 2.37. The summed E-state index contributed by atoms with van der Waals surface area (Å²) in [6.45, 7) is 3.83. The molecule has 37 heavy (non-hydrogen) atoms. The normalized spacial score (nSPS) is 14.3. The monoisotopic (exact) mass is 628 g/mol. The summed E-state index contributed by atoms with van der Waals surface area (Å²) in [5.41, 5.74) is 4.26. The van der Waals surface area contributed by atoms with Gasteiger partial charge in [0.15, 0.2) is 11.5 Å². The number of nitrogens with zero attached hydrogens (tertiary/aromatic N) is 1. The maximum Gasteiger partial charge on any atom is 0.294 e. The van der Waals surface area contributed by atoms with Crippen LogP contribution in [0.15, 0.2) is 65.6 Å². The average Bonchev–Trinajstić information content (AvgIpc) is 3.13. The molecule has 9 heteroatoms. The third-order valence-corrected chi connectivity index (χ3v) is 7.33. The Hall–Kier alpha value is -3.31. The Bertz CT molecular complexity index is 1390. The van der Waals surface area contributed by atoms with Crippen molar-refractivity contribution < 1.29 is 23.9 Å². The summed E-state index contributed by atoms with van der Waals surface area (Å²) >= 11 is 2.96. The molecule has 0 aliphatic carbocycles. The number of ether oxygens (including phenoxy) is 2. The highest BCUT2D eigenvalue weighted by molar-refractivity contribution is 14.1. The molecule has 1 fully saturated rings. The maximum atomic E-state index is 13.0. The fraction of sp³-hybridized carbons (Fsp3) is 0.179. The number of aryl methyl sites for hydroxylation is 2. The topological polar surface area (TPSA) is 84.9 Å². The lowest BCUT2D eigenvalue weighted by Gasteiger charge is -2.14. The standard InChI is InChI=1S/C28H25IN2O5S/c1-17-9-10-18(2)22(11-17)30-25(32)15-31-27(33)24(37-28(31)34)14-20-12-21(29)26(23(13-20)35-3)36-16-19-7-5-4-6-8-19/h4-14H,15-16H2,1-3H3,(H,30,32)/b24-14+. The molecule has 0 spiro atoms. The van der Waals surface area contributed by atoms with E-state index in [0.717, 1.165) is 36.9 Å². The largest absolute Gasteiger partial charge is 0.493 e. The predicted octanol–water partition coefficient (Wildman–Crippen LogP) is 6.17. The van der Waals surface area contributed by atoms with E-state index in [-0.39, 0.29) is 11.4 Å². The summed E-state index contributed by atoms with van der Waals surface area (Å²) < 4.78 is 12.3. The fourth-order valence-corrected chi connectivity index (χ4v) is 5.30. The summed E-state index contributed by atoms with van der Waals surface area (Å²) in [7, 11) is 1.55. The number of nitrogens with one attached hydrogen (secondary N) is 1. The molecule has 0 bridgehead atoms. The van der Waals surface area contributed by atoms with Crippen LogP contribution in [0.1, 0.15) is 22.3 Å². The number of rotatable bonds is 8. The Morgan fingerprint density at radius 3 is 2.57 bits per heavy atom. The lowest BCUT2D eigenvalue weighted by Crippen LogP contribution is -2.36. The molecule has 1 saturated heterocycles. The quantitative estimate of drug-likeness (QED) is 0.237. The van der Waals surface area contributed by atoms with Crippen molar-refractivity contribution in [1.82, 2.24) is 4.90 Å². The first-order chi connectivity index (χ1) is 17.7. The van der Waals surface area contributed by atoms with Crippen molar-refractivity contribution in [3.8, 4) is 11.5 Å². The molecule has 0 unspecified atom stereocenters. The lowest BCUT2D eigenvalue weighted by atomic mass is 10.1. The minimum atomic E-state index is -0.510. The van der Waals surface area contributed by atoms with Gasteiger partial charge in [-0.25, -0.2) is 0 Å². The van der Waals surface area contributed by atoms with E-state index in [1.54, 1.807) is 19.3 Å². The summed E-state index contributed by atoms with van der Waals surface area (Å²) in [6.07, 6.45) is 1.62. The maximum absolute atomic E-state index is 13.0. The van der Waals surface area contributed by atoms with Crippen molar-refractivity contribution in [2.45, 2.75) is 20.5 Å². The predicted molar refractivity (Wildman–Crippen MR) is 154 cm³/mol. The first-order valence-electron chi connectivity index (χ1n) is 11.4. The molecule has 3 aromatic rings.